The van der Waals surface area contributed by atoms with Crippen molar-refractivity contribution in [2.24, 2.45) is 16.7 Å². The number of amides is 3. The summed E-state index contributed by atoms with van der Waals surface area (Å²) in [7, 11) is 3.61. The van der Waals surface area contributed by atoms with Crippen molar-refractivity contribution >= 4 is 60.2 Å². The Labute approximate surface area is 364 Å². The summed E-state index contributed by atoms with van der Waals surface area (Å²) in [5.41, 5.74) is 8.49. The molecule has 0 saturated carbocycles. The number of urea groups is 1. The monoisotopic (exact) mass is 864 g/mol. The van der Waals surface area contributed by atoms with Crippen molar-refractivity contribution in [1.82, 2.24) is 34.8 Å². The predicted octanol–water partition coefficient (Wildman–Crippen LogP) is 6.36. The maximum Gasteiger partial charge on any atom is 0.324 e. The summed E-state index contributed by atoms with van der Waals surface area (Å²) in [4.78, 5) is 70.9. The van der Waals surface area contributed by atoms with Crippen molar-refractivity contribution < 1.29 is 28.7 Å². The molecule has 4 aromatic rings. The molecule has 2 saturated heterocycles. The van der Waals surface area contributed by atoms with Crippen LogP contribution in [0.5, 0.6) is 0 Å². The Bertz CT molecular complexity index is 2410. The highest BCUT2D eigenvalue weighted by atomic mass is 32.1. The first-order valence-electron chi connectivity index (χ1n) is 21.7. The summed E-state index contributed by atoms with van der Waals surface area (Å²) >= 11 is 1.50. The standard InChI is InChI=1S/C46H58N7O6SSi/c1-9-51-35-16-15-29-21-31(35)32(39(51)30-13-10-17-47-37(30)28(4)58-8)22-45(5,6)25-59-42(55)33-14-11-20-53(49-33)43(56)46(23-36-48-34(29)24-60-36)26-61-41(46)40(54)38(27(2)3)52-19-12-18-50(7)44(52)57/h10,13,15-17,21,24,27-28,33,38,49H,9,11-12,14,18-20,22-23,25-26H2,1-8H3/t28-,33-,38-,46?/m0/s1. The van der Waals surface area contributed by atoms with E-state index in [0.29, 0.717) is 50.1 Å². The second-order valence-corrected chi connectivity index (χ2v) is 20.4. The van der Waals surface area contributed by atoms with E-state index in [4.69, 9.17) is 19.4 Å². The number of Topliss-reactive ketones (excluding diaryl/α,β-unsaturated/α-hetero) is 1. The number of hydrazine groups is 1. The van der Waals surface area contributed by atoms with Crippen LogP contribution in [0, 0.1) is 16.7 Å². The highest BCUT2D eigenvalue weighted by Crippen LogP contribution is 2.44. The number of ketones is 1. The Balaban J connectivity index is 1.25. The van der Waals surface area contributed by atoms with Crippen LogP contribution in [-0.2, 0) is 43.2 Å². The van der Waals surface area contributed by atoms with Gasteiger partial charge in [-0.3, -0.25) is 24.4 Å². The maximum absolute atomic E-state index is 15.1. The van der Waals surface area contributed by atoms with Gasteiger partial charge in [-0.2, -0.15) is 0 Å². The molecular formula is C46H58N7O6SSi. The molecule has 323 valence electrons. The van der Waals surface area contributed by atoms with E-state index in [1.807, 2.05) is 32.2 Å². The number of hydrogen-bond acceptors (Lipinski definition) is 10. The molecule has 7 heterocycles. The van der Waals surface area contributed by atoms with E-state index in [1.165, 1.54) is 11.3 Å². The van der Waals surface area contributed by atoms with Crippen LogP contribution in [-0.4, -0.2) is 120 Å². The molecule has 1 radical (unpaired) electrons. The third kappa shape index (κ3) is 7.80. The summed E-state index contributed by atoms with van der Waals surface area (Å²) in [6.07, 6.45) is 4.30. The second kappa shape index (κ2) is 16.9. The highest BCUT2D eigenvalue weighted by molar-refractivity contribution is 7.10. The van der Waals surface area contributed by atoms with Gasteiger partial charge in [0.2, 0.25) is 5.91 Å². The number of rotatable bonds is 8. The van der Waals surface area contributed by atoms with Gasteiger partial charge in [-0.25, -0.2) is 15.2 Å². The van der Waals surface area contributed by atoms with Crippen LogP contribution in [0.25, 0.3) is 33.4 Å². The van der Waals surface area contributed by atoms with Gasteiger partial charge in [0.1, 0.15) is 6.04 Å². The molecule has 4 atom stereocenters. The number of esters is 1. The number of carbonyl (C=O) groups is 4. The lowest BCUT2D eigenvalue weighted by atomic mass is 9.76. The molecule has 3 aromatic heterocycles. The van der Waals surface area contributed by atoms with E-state index < -0.39 is 28.9 Å². The minimum Gasteiger partial charge on any atom is -0.464 e. The molecular weight excluding hydrogens is 807 g/mol. The van der Waals surface area contributed by atoms with Gasteiger partial charge in [-0.05, 0) is 86.5 Å². The summed E-state index contributed by atoms with van der Waals surface area (Å²) in [6.45, 7) is 14.7. The van der Waals surface area contributed by atoms with Gasteiger partial charge in [-0.15, -0.1) is 11.3 Å². The Morgan fingerprint density at radius 3 is 2.62 bits per heavy atom. The average Bonchev–Trinajstić information content (AvgIpc) is 3.83. The van der Waals surface area contributed by atoms with Gasteiger partial charge in [-0.1, -0.05) is 33.8 Å². The van der Waals surface area contributed by atoms with Crippen LogP contribution in [0.3, 0.4) is 0 Å². The van der Waals surface area contributed by atoms with Crippen molar-refractivity contribution in [1.29, 1.82) is 0 Å². The Kier molecular flexibility index (Phi) is 12.0. The highest BCUT2D eigenvalue weighted by Gasteiger charge is 2.55. The summed E-state index contributed by atoms with van der Waals surface area (Å²) < 4.78 is 14.3. The largest absolute Gasteiger partial charge is 0.464 e. The number of ether oxygens (including phenoxy) is 2. The van der Waals surface area contributed by atoms with E-state index in [1.54, 1.807) is 35.2 Å². The lowest BCUT2D eigenvalue weighted by molar-refractivity contribution is -0.156. The smallest absolute Gasteiger partial charge is 0.324 e. The molecule has 13 nitrogen and oxygen atoms in total. The number of fused-ring (bicyclic) bond motifs is 6. The van der Waals surface area contributed by atoms with Crippen molar-refractivity contribution in [2.75, 3.05) is 40.4 Å². The molecule has 1 unspecified atom stereocenters. The molecule has 3 amide bonds. The number of pyridine rings is 1. The molecule has 1 N–H and O–H groups in total. The predicted molar refractivity (Wildman–Crippen MR) is 238 cm³/mol. The molecule has 1 aromatic carbocycles. The Morgan fingerprint density at radius 1 is 1.10 bits per heavy atom. The zero-order valence-electron chi connectivity index (χ0n) is 36.7. The van der Waals surface area contributed by atoms with Crippen molar-refractivity contribution in [2.45, 2.75) is 104 Å². The first-order valence-corrected chi connectivity index (χ1v) is 23.8. The van der Waals surface area contributed by atoms with Crippen molar-refractivity contribution in [3.8, 4) is 22.5 Å². The van der Waals surface area contributed by atoms with Crippen LogP contribution in [0.4, 0.5) is 4.79 Å². The van der Waals surface area contributed by atoms with Crippen LogP contribution in [0.15, 0.2) is 41.9 Å². The van der Waals surface area contributed by atoms with Gasteiger partial charge in [0, 0.05) is 94.9 Å². The number of benzene rings is 1. The minimum absolute atomic E-state index is 0.142. The average molecular weight is 865 g/mol. The fraction of sp³-hybridized carbons (Fsp3) is 0.543. The van der Waals surface area contributed by atoms with E-state index in [2.05, 4.69) is 55.0 Å². The first kappa shape index (κ1) is 43.1. The van der Waals surface area contributed by atoms with Gasteiger partial charge < -0.3 is 23.8 Å². The number of methoxy groups -OCH3 is 1. The van der Waals surface area contributed by atoms with E-state index in [-0.39, 0.29) is 51.9 Å². The fourth-order valence-corrected chi connectivity index (χ4v) is 12.2. The van der Waals surface area contributed by atoms with Gasteiger partial charge in [0.25, 0.3) is 0 Å². The molecule has 1 spiro atoms. The van der Waals surface area contributed by atoms with Crippen molar-refractivity contribution in [3.63, 3.8) is 0 Å². The number of aromatic nitrogens is 3. The van der Waals surface area contributed by atoms with E-state index >= 15 is 4.79 Å². The van der Waals surface area contributed by atoms with Gasteiger partial charge in [0.15, 0.2) is 5.78 Å². The SMILES string of the molecule is CCn1c(-c2cccnc2[C@H](C)OC)c2c3cc(ccc31)-c1csc(n1)CC1(C[Si]=C1C(=O)[C@H](C(C)C)N1CCCN(C)C1=O)C(=O)N1CCC[C@H](N1)C(=O)OCC(C)(C)C2. The first-order chi connectivity index (χ1) is 29.2. The lowest BCUT2D eigenvalue weighted by Crippen LogP contribution is -2.67. The second-order valence-electron chi connectivity index (χ2n) is 18.3. The number of thiazole rings is 1. The van der Waals surface area contributed by atoms with E-state index in [0.717, 1.165) is 62.6 Å². The Morgan fingerprint density at radius 2 is 1.90 bits per heavy atom. The van der Waals surface area contributed by atoms with Gasteiger partial charge in [0.05, 0.1) is 46.3 Å². The number of nitrogens with one attached hydrogen (secondary N) is 1. The summed E-state index contributed by atoms with van der Waals surface area (Å²) in [6, 6.07) is 9.48. The van der Waals surface area contributed by atoms with E-state index in [9.17, 15) is 14.4 Å². The third-order valence-electron chi connectivity index (χ3n) is 13.0. The van der Waals surface area contributed by atoms with Crippen LogP contribution < -0.4 is 5.43 Å². The molecule has 8 rings (SSSR count). The van der Waals surface area contributed by atoms with Crippen molar-refractivity contribution in [3.05, 3.63) is 58.2 Å². The molecule has 6 bridgehead atoms. The zero-order chi connectivity index (χ0) is 43.4. The van der Waals surface area contributed by atoms with Crippen LogP contribution in [0.2, 0.25) is 6.04 Å². The molecule has 2 fully saturated rings. The number of cyclic esters (lactones) is 1. The molecule has 4 aliphatic rings. The third-order valence-corrected chi connectivity index (χ3v) is 15.7. The minimum atomic E-state index is -1.17. The van der Waals surface area contributed by atoms with Crippen LogP contribution >= 0.6 is 11.3 Å². The lowest BCUT2D eigenvalue weighted by Gasteiger charge is -2.47. The zero-order valence-corrected chi connectivity index (χ0v) is 38.5. The molecule has 61 heavy (non-hydrogen) atoms. The van der Waals surface area contributed by atoms with Gasteiger partial charge >= 0.3 is 12.0 Å². The number of aryl methyl sites for hydroxylation is 1. The number of hydrogen-bond donors (Lipinski definition) is 1. The topological polar surface area (TPSA) is 139 Å². The number of carbonyl (C=O) groups excluding carboxylic acids is 4. The molecule has 0 aliphatic carbocycles. The normalized spacial score (nSPS) is 23.2. The Hall–Kier alpha value is -4.57. The summed E-state index contributed by atoms with van der Waals surface area (Å²) in [5, 5.41) is 6.01. The van der Waals surface area contributed by atoms with Crippen LogP contribution in [0.1, 0.15) is 83.2 Å². The molecule has 15 heteroatoms. The summed E-state index contributed by atoms with van der Waals surface area (Å²) in [5.74, 6) is -0.939. The maximum atomic E-state index is 15.1. The molecule has 4 aliphatic heterocycles. The quantitative estimate of drug-likeness (QED) is 0.158. The number of nitrogens with zero attached hydrogens (tertiary/aromatic N) is 6. The fourth-order valence-electron chi connectivity index (χ4n) is 9.71.